The standard InChI is InChI=1S/C16H21NO4/c1-2-21-13-7-5-9-17(11-13)15(18)10-12-6-3-4-8-14(12)16(19)20/h3-4,6,8,13H,2,5,7,9-11H2,1H3,(H,19,20). The zero-order valence-electron chi connectivity index (χ0n) is 12.2. The predicted octanol–water partition coefficient (Wildman–Crippen LogP) is 1.95. The van der Waals surface area contributed by atoms with Crippen LogP contribution in [0.3, 0.4) is 0 Å². The number of likely N-dealkylation sites (tertiary alicyclic amines) is 1. The monoisotopic (exact) mass is 291 g/mol. The Labute approximate surface area is 124 Å². The van der Waals surface area contributed by atoms with Crippen LogP contribution in [0.25, 0.3) is 0 Å². The average molecular weight is 291 g/mol. The third kappa shape index (κ3) is 4.04. The van der Waals surface area contributed by atoms with E-state index in [2.05, 4.69) is 0 Å². The summed E-state index contributed by atoms with van der Waals surface area (Å²) in [6.45, 7) is 3.91. The number of benzene rings is 1. The maximum Gasteiger partial charge on any atom is 0.335 e. The van der Waals surface area contributed by atoms with Gasteiger partial charge < -0.3 is 14.7 Å². The predicted molar refractivity (Wildman–Crippen MR) is 78.3 cm³/mol. The first-order chi connectivity index (χ1) is 10.1. The summed E-state index contributed by atoms with van der Waals surface area (Å²) < 4.78 is 5.59. The minimum atomic E-state index is -0.996. The average Bonchev–Trinajstić information content (AvgIpc) is 2.48. The summed E-state index contributed by atoms with van der Waals surface area (Å²) in [6.07, 6.45) is 2.13. The molecule has 1 unspecified atom stereocenters. The van der Waals surface area contributed by atoms with Crippen LogP contribution in [0, 0.1) is 0 Å². The minimum Gasteiger partial charge on any atom is -0.478 e. The lowest BCUT2D eigenvalue weighted by molar-refractivity contribution is -0.134. The molecule has 1 saturated heterocycles. The Bertz CT molecular complexity index is 513. The van der Waals surface area contributed by atoms with E-state index in [1.807, 2.05) is 6.92 Å². The van der Waals surface area contributed by atoms with Gasteiger partial charge in [0.2, 0.25) is 5.91 Å². The van der Waals surface area contributed by atoms with Crippen molar-refractivity contribution in [3.05, 3.63) is 35.4 Å². The summed E-state index contributed by atoms with van der Waals surface area (Å²) in [6, 6.07) is 6.66. The third-order valence-corrected chi connectivity index (χ3v) is 3.72. The second-order valence-electron chi connectivity index (χ2n) is 5.20. The molecule has 1 N–H and O–H groups in total. The zero-order chi connectivity index (χ0) is 15.2. The van der Waals surface area contributed by atoms with Gasteiger partial charge in [0.25, 0.3) is 0 Å². The number of carbonyl (C=O) groups is 2. The van der Waals surface area contributed by atoms with Gasteiger partial charge in [-0.05, 0) is 31.4 Å². The normalized spacial score (nSPS) is 18.5. The summed E-state index contributed by atoms with van der Waals surface area (Å²) in [4.78, 5) is 25.3. The largest absolute Gasteiger partial charge is 0.478 e. The van der Waals surface area contributed by atoms with Crippen LogP contribution in [-0.2, 0) is 16.0 Å². The van der Waals surface area contributed by atoms with Crippen molar-refractivity contribution in [3.63, 3.8) is 0 Å². The van der Waals surface area contributed by atoms with E-state index in [9.17, 15) is 9.59 Å². The molecule has 5 nitrogen and oxygen atoms in total. The Morgan fingerprint density at radius 3 is 2.86 bits per heavy atom. The van der Waals surface area contributed by atoms with Crippen LogP contribution in [0.15, 0.2) is 24.3 Å². The molecule has 0 saturated carbocycles. The topological polar surface area (TPSA) is 66.8 Å². The summed E-state index contributed by atoms with van der Waals surface area (Å²) in [5.74, 6) is -1.03. The highest BCUT2D eigenvalue weighted by atomic mass is 16.5. The third-order valence-electron chi connectivity index (χ3n) is 3.72. The number of carbonyl (C=O) groups excluding carboxylic acids is 1. The quantitative estimate of drug-likeness (QED) is 0.900. The number of carboxylic acid groups (broad SMARTS) is 1. The molecular weight excluding hydrogens is 270 g/mol. The molecule has 1 fully saturated rings. The molecule has 1 heterocycles. The smallest absolute Gasteiger partial charge is 0.335 e. The Hall–Kier alpha value is -1.88. The first-order valence-corrected chi connectivity index (χ1v) is 7.32. The van der Waals surface area contributed by atoms with Crippen molar-refractivity contribution in [1.82, 2.24) is 4.90 Å². The van der Waals surface area contributed by atoms with Gasteiger partial charge in [-0.2, -0.15) is 0 Å². The van der Waals surface area contributed by atoms with Gasteiger partial charge in [0, 0.05) is 19.7 Å². The lowest BCUT2D eigenvalue weighted by atomic mass is 10.0. The maximum atomic E-state index is 12.4. The number of rotatable bonds is 5. The molecule has 0 bridgehead atoms. The Morgan fingerprint density at radius 2 is 2.14 bits per heavy atom. The lowest BCUT2D eigenvalue weighted by Crippen LogP contribution is -2.44. The molecule has 5 heteroatoms. The molecule has 1 aliphatic rings. The van der Waals surface area contributed by atoms with Crippen molar-refractivity contribution in [2.45, 2.75) is 32.3 Å². The van der Waals surface area contributed by atoms with Crippen molar-refractivity contribution in [2.24, 2.45) is 0 Å². The van der Waals surface area contributed by atoms with Crippen molar-refractivity contribution in [1.29, 1.82) is 0 Å². The highest BCUT2D eigenvalue weighted by Gasteiger charge is 2.24. The van der Waals surface area contributed by atoms with Gasteiger partial charge in [-0.25, -0.2) is 4.79 Å². The van der Waals surface area contributed by atoms with E-state index < -0.39 is 5.97 Å². The highest BCUT2D eigenvalue weighted by Crippen LogP contribution is 2.16. The van der Waals surface area contributed by atoms with E-state index in [0.717, 1.165) is 19.4 Å². The number of aromatic carboxylic acids is 1. The van der Waals surface area contributed by atoms with E-state index in [1.54, 1.807) is 23.1 Å². The first kappa shape index (κ1) is 15.5. The Kier molecular flexibility index (Phi) is 5.33. The summed E-state index contributed by atoms with van der Waals surface area (Å²) >= 11 is 0. The first-order valence-electron chi connectivity index (χ1n) is 7.32. The number of hydrogen-bond acceptors (Lipinski definition) is 3. The molecule has 0 aliphatic carbocycles. The highest BCUT2D eigenvalue weighted by molar-refractivity contribution is 5.91. The van der Waals surface area contributed by atoms with Crippen LogP contribution in [0.1, 0.15) is 35.7 Å². The number of piperidine rings is 1. The van der Waals surface area contributed by atoms with Crippen LogP contribution in [0.2, 0.25) is 0 Å². The van der Waals surface area contributed by atoms with Gasteiger partial charge in [-0.3, -0.25) is 4.79 Å². The number of nitrogens with zero attached hydrogens (tertiary/aromatic N) is 1. The van der Waals surface area contributed by atoms with Crippen LogP contribution in [-0.4, -0.2) is 47.7 Å². The lowest BCUT2D eigenvalue weighted by Gasteiger charge is -2.32. The molecule has 1 aliphatic heterocycles. The minimum absolute atomic E-state index is 0.0342. The van der Waals surface area contributed by atoms with Gasteiger partial charge in [0.05, 0.1) is 18.1 Å². The summed E-state index contributed by atoms with van der Waals surface area (Å²) in [7, 11) is 0. The molecule has 114 valence electrons. The van der Waals surface area contributed by atoms with Crippen molar-refractivity contribution in [2.75, 3.05) is 19.7 Å². The fourth-order valence-corrected chi connectivity index (χ4v) is 2.69. The number of amides is 1. The molecule has 1 amide bonds. The van der Waals surface area contributed by atoms with Crippen LogP contribution < -0.4 is 0 Å². The molecule has 0 aromatic heterocycles. The van der Waals surface area contributed by atoms with Gasteiger partial charge in [-0.1, -0.05) is 18.2 Å². The van der Waals surface area contributed by atoms with E-state index in [0.29, 0.717) is 18.7 Å². The van der Waals surface area contributed by atoms with Crippen LogP contribution >= 0.6 is 0 Å². The van der Waals surface area contributed by atoms with Gasteiger partial charge in [0.15, 0.2) is 0 Å². The van der Waals surface area contributed by atoms with E-state index in [4.69, 9.17) is 9.84 Å². The van der Waals surface area contributed by atoms with Crippen LogP contribution in [0.4, 0.5) is 0 Å². The zero-order valence-corrected chi connectivity index (χ0v) is 12.2. The fraction of sp³-hybridized carbons (Fsp3) is 0.500. The van der Waals surface area contributed by atoms with E-state index in [1.165, 1.54) is 6.07 Å². The Morgan fingerprint density at radius 1 is 1.38 bits per heavy atom. The molecule has 0 spiro atoms. The van der Waals surface area contributed by atoms with E-state index >= 15 is 0 Å². The van der Waals surface area contributed by atoms with Crippen molar-refractivity contribution < 1.29 is 19.4 Å². The molecule has 21 heavy (non-hydrogen) atoms. The van der Waals surface area contributed by atoms with Gasteiger partial charge >= 0.3 is 5.97 Å². The number of carboxylic acids is 1. The van der Waals surface area contributed by atoms with Crippen molar-refractivity contribution >= 4 is 11.9 Å². The molecule has 1 atom stereocenters. The van der Waals surface area contributed by atoms with Crippen molar-refractivity contribution in [3.8, 4) is 0 Å². The fourth-order valence-electron chi connectivity index (χ4n) is 2.69. The molecular formula is C16H21NO4. The second-order valence-corrected chi connectivity index (χ2v) is 5.20. The molecule has 2 rings (SSSR count). The van der Waals surface area contributed by atoms with E-state index in [-0.39, 0.29) is 24.0 Å². The SMILES string of the molecule is CCOC1CCCN(C(=O)Cc2ccccc2C(=O)O)C1. The van der Waals surface area contributed by atoms with Gasteiger partial charge in [0.1, 0.15) is 0 Å². The maximum absolute atomic E-state index is 12.4. The van der Waals surface area contributed by atoms with Gasteiger partial charge in [-0.15, -0.1) is 0 Å². The Balaban J connectivity index is 2.03. The number of hydrogen-bond donors (Lipinski definition) is 1. The summed E-state index contributed by atoms with van der Waals surface area (Å²) in [5, 5.41) is 9.16. The van der Waals surface area contributed by atoms with Crippen LogP contribution in [0.5, 0.6) is 0 Å². The molecule has 1 aromatic carbocycles. The summed E-state index contributed by atoms with van der Waals surface area (Å²) in [5.41, 5.74) is 0.762. The number of ether oxygens (including phenoxy) is 1. The molecule has 1 aromatic rings. The second kappa shape index (κ2) is 7.22. The molecule has 0 radical (unpaired) electrons.